The highest BCUT2D eigenvalue weighted by Gasteiger charge is 2.15. The van der Waals surface area contributed by atoms with E-state index in [-0.39, 0.29) is 11.1 Å². The molecule has 5 heteroatoms. The normalized spacial score (nSPS) is 10.2. The number of hydrogen-bond acceptors (Lipinski definition) is 3. The highest BCUT2D eigenvalue weighted by Crippen LogP contribution is 2.25. The van der Waals surface area contributed by atoms with Gasteiger partial charge in [-0.05, 0) is 37.6 Å². The molecule has 0 radical (unpaired) electrons. The topological polar surface area (TPSA) is 51.2 Å². The third kappa shape index (κ3) is 3.08. The number of ether oxygens (including phenoxy) is 1. The molecule has 2 aromatic rings. The maximum atomic E-state index is 12.3. The van der Waals surface area contributed by atoms with Crippen LogP contribution in [0.1, 0.15) is 22.8 Å². The van der Waals surface area contributed by atoms with E-state index in [0.717, 1.165) is 5.56 Å². The van der Waals surface area contributed by atoms with Crippen LogP contribution in [0.2, 0.25) is 5.15 Å². The van der Waals surface area contributed by atoms with Crippen LogP contribution in [0, 0.1) is 6.92 Å². The Morgan fingerprint density at radius 1 is 1.35 bits per heavy atom. The van der Waals surface area contributed by atoms with Gasteiger partial charge in [0.2, 0.25) is 0 Å². The van der Waals surface area contributed by atoms with E-state index in [1.807, 2.05) is 19.9 Å². The first-order chi connectivity index (χ1) is 9.63. The summed E-state index contributed by atoms with van der Waals surface area (Å²) in [5, 5.41) is 3.05. The third-order valence-electron chi connectivity index (χ3n) is 2.78. The van der Waals surface area contributed by atoms with E-state index in [4.69, 9.17) is 16.3 Å². The lowest BCUT2D eigenvalue weighted by atomic mass is 10.1. The van der Waals surface area contributed by atoms with E-state index in [9.17, 15) is 4.79 Å². The highest BCUT2D eigenvalue weighted by molar-refractivity contribution is 6.32. The Morgan fingerprint density at radius 2 is 2.10 bits per heavy atom. The minimum absolute atomic E-state index is 0.271. The summed E-state index contributed by atoms with van der Waals surface area (Å²) in [5.41, 5.74) is 1.84. The van der Waals surface area contributed by atoms with E-state index in [2.05, 4.69) is 10.3 Å². The summed E-state index contributed by atoms with van der Waals surface area (Å²) in [5.74, 6) is 0.275. The van der Waals surface area contributed by atoms with Gasteiger partial charge in [0.1, 0.15) is 5.75 Å². The number of hydrogen-bond donors (Lipinski definition) is 1. The molecule has 1 aromatic heterocycles. The van der Waals surface area contributed by atoms with Crippen LogP contribution < -0.4 is 10.1 Å². The molecule has 2 rings (SSSR count). The number of halogens is 1. The number of para-hydroxylation sites is 1. The lowest BCUT2D eigenvalue weighted by Gasteiger charge is -2.12. The first kappa shape index (κ1) is 14.3. The van der Waals surface area contributed by atoms with Gasteiger partial charge < -0.3 is 10.1 Å². The Hall–Kier alpha value is -2.07. The van der Waals surface area contributed by atoms with E-state index in [0.29, 0.717) is 23.6 Å². The Kier molecular flexibility index (Phi) is 4.58. The van der Waals surface area contributed by atoms with Crippen molar-refractivity contribution in [2.24, 2.45) is 0 Å². The fourth-order valence-corrected chi connectivity index (χ4v) is 2.04. The molecule has 0 fully saturated rings. The van der Waals surface area contributed by atoms with Crippen molar-refractivity contribution in [1.82, 2.24) is 4.98 Å². The molecule has 0 atom stereocenters. The van der Waals surface area contributed by atoms with Gasteiger partial charge in [-0.25, -0.2) is 4.98 Å². The molecule has 0 saturated carbocycles. The Balaban J connectivity index is 2.29. The quantitative estimate of drug-likeness (QED) is 0.874. The van der Waals surface area contributed by atoms with Crippen molar-refractivity contribution in [2.45, 2.75) is 13.8 Å². The lowest BCUT2D eigenvalue weighted by Crippen LogP contribution is -2.15. The minimum Gasteiger partial charge on any atom is -0.493 e. The van der Waals surface area contributed by atoms with Crippen LogP contribution in [0.25, 0.3) is 0 Å². The molecule has 0 bridgehead atoms. The monoisotopic (exact) mass is 290 g/mol. The molecule has 1 heterocycles. The number of rotatable bonds is 4. The largest absolute Gasteiger partial charge is 0.493 e. The molecule has 4 nitrogen and oxygen atoms in total. The zero-order valence-corrected chi connectivity index (χ0v) is 12.1. The zero-order chi connectivity index (χ0) is 14.5. The molecule has 1 amide bonds. The van der Waals surface area contributed by atoms with Gasteiger partial charge in [-0.1, -0.05) is 23.7 Å². The molecule has 0 spiro atoms. The van der Waals surface area contributed by atoms with Gasteiger partial charge in [-0.2, -0.15) is 0 Å². The summed E-state index contributed by atoms with van der Waals surface area (Å²) in [7, 11) is 0. The molecular weight excluding hydrogens is 276 g/mol. The second-order valence-corrected chi connectivity index (χ2v) is 4.53. The number of carbonyl (C=O) groups excluding carboxylic acids is 1. The first-order valence-corrected chi connectivity index (χ1v) is 6.65. The van der Waals surface area contributed by atoms with Crippen LogP contribution in [0.4, 0.5) is 5.69 Å². The van der Waals surface area contributed by atoms with Gasteiger partial charge in [-0.15, -0.1) is 0 Å². The van der Waals surface area contributed by atoms with Crippen LogP contribution in [0.5, 0.6) is 5.75 Å². The predicted molar refractivity (Wildman–Crippen MR) is 79.5 cm³/mol. The molecular formula is C15H15ClN2O2. The minimum atomic E-state index is -0.271. The molecule has 20 heavy (non-hydrogen) atoms. The number of aryl methyl sites for hydroxylation is 1. The number of nitrogens with zero attached hydrogens (tertiary/aromatic N) is 1. The number of carbonyl (C=O) groups is 1. The van der Waals surface area contributed by atoms with Crippen LogP contribution in [0.3, 0.4) is 0 Å². The SMILES string of the molecule is CCOc1ccccc1C(=O)Nc1c(C)ccnc1Cl. The van der Waals surface area contributed by atoms with Gasteiger partial charge in [0.25, 0.3) is 5.91 Å². The van der Waals surface area contributed by atoms with Crippen molar-refractivity contribution in [3.05, 3.63) is 52.8 Å². The van der Waals surface area contributed by atoms with Crippen LogP contribution >= 0.6 is 11.6 Å². The second-order valence-electron chi connectivity index (χ2n) is 4.18. The van der Waals surface area contributed by atoms with E-state index in [1.165, 1.54) is 0 Å². The lowest BCUT2D eigenvalue weighted by molar-refractivity contribution is 0.102. The molecule has 0 saturated heterocycles. The van der Waals surface area contributed by atoms with Crippen molar-refractivity contribution in [3.63, 3.8) is 0 Å². The number of aromatic nitrogens is 1. The molecule has 0 aliphatic carbocycles. The fourth-order valence-electron chi connectivity index (χ4n) is 1.79. The number of pyridine rings is 1. The standard InChI is InChI=1S/C15H15ClN2O2/c1-3-20-12-7-5-4-6-11(12)15(19)18-13-10(2)8-9-17-14(13)16/h4-9H,3H2,1-2H3,(H,18,19). The van der Waals surface area contributed by atoms with E-state index >= 15 is 0 Å². The zero-order valence-electron chi connectivity index (χ0n) is 11.3. The number of benzene rings is 1. The average molecular weight is 291 g/mol. The van der Waals surface area contributed by atoms with E-state index < -0.39 is 0 Å². The summed E-state index contributed by atoms with van der Waals surface area (Å²) in [6, 6.07) is 8.87. The Labute approximate surface area is 122 Å². The van der Waals surface area contributed by atoms with Gasteiger partial charge >= 0.3 is 0 Å². The summed E-state index contributed by atoms with van der Waals surface area (Å²) < 4.78 is 5.45. The average Bonchev–Trinajstić information content (AvgIpc) is 2.44. The van der Waals surface area contributed by atoms with Crippen molar-refractivity contribution in [2.75, 3.05) is 11.9 Å². The molecule has 0 aliphatic heterocycles. The van der Waals surface area contributed by atoms with Crippen molar-refractivity contribution in [3.8, 4) is 5.75 Å². The highest BCUT2D eigenvalue weighted by atomic mass is 35.5. The van der Waals surface area contributed by atoms with Gasteiger partial charge in [0, 0.05) is 6.20 Å². The first-order valence-electron chi connectivity index (χ1n) is 6.27. The fraction of sp³-hybridized carbons (Fsp3) is 0.200. The van der Waals surface area contributed by atoms with Crippen LogP contribution in [0.15, 0.2) is 36.5 Å². The molecule has 1 N–H and O–H groups in total. The van der Waals surface area contributed by atoms with Gasteiger partial charge in [0.15, 0.2) is 5.15 Å². The van der Waals surface area contributed by atoms with Crippen LogP contribution in [-0.4, -0.2) is 17.5 Å². The number of anilines is 1. The van der Waals surface area contributed by atoms with Crippen molar-refractivity contribution >= 4 is 23.2 Å². The third-order valence-corrected chi connectivity index (χ3v) is 3.07. The smallest absolute Gasteiger partial charge is 0.259 e. The predicted octanol–water partition coefficient (Wildman–Crippen LogP) is 3.69. The van der Waals surface area contributed by atoms with Crippen molar-refractivity contribution in [1.29, 1.82) is 0 Å². The van der Waals surface area contributed by atoms with Crippen molar-refractivity contribution < 1.29 is 9.53 Å². The van der Waals surface area contributed by atoms with Gasteiger partial charge in [0.05, 0.1) is 17.9 Å². The second kappa shape index (κ2) is 6.39. The number of nitrogens with one attached hydrogen (secondary N) is 1. The molecule has 0 aliphatic rings. The molecule has 104 valence electrons. The molecule has 0 unspecified atom stereocenters. The Morgan fingerprint density at radius 3 is 2.80 bits per heavy atom. The van der Waals surface area contributed by atoms with E-state index in [1.54, 1.807) is 30.5 Å². The maximum Gasteiger partial charge on any atom is 0.259 e. The molecule has 1 aromatic carbocycles. The Bertz CT molecular complexity index is 609. The summed E-state index contributed by atoms with van der Waals surface area (Å²) in [4.78, 5) is 16.3. The maximum absolute atomic E-state index is 12.3. The van der Waals surface area contributed by atoms with Crippen LogP contribution in [-0.2, 0) is 0 Å². The summed E-state index contributed by atoms with van der Waals surface area (Å²) >= 11 is 6.00. The summed E-state index contributed by atoms with van der Waals surface area (Å²) in [6.45, 7) is 4.23. The summed E-state index contributed by atoms with van der Waals surface area (Å²) in [6.07, 6.45) is 1.60. The number of amides is 1. The van der Waals surface area contributed by atoms with Gasteiger partial charge in [-0.3, -0.25) is 4.79 Å².